The molecule has 1 unspecified atom stereocenters. The van der Waals surface area contributed by atoms with E-state index in [0.29, 0.717) is 34.1 Å². The fourth-order valence-electron chi connectivity index (χ4n) is 3.77. The lowest BCUT2D eigenvalue weighted by Gasteiger charge is -2.16. The number of hydrogen-bond donors (Lipinski definition) is 2. The van der Waals surface area contributed by atoms with Gasteiger partial charge in [0.15, 0.2) is 21.9 Å². The molecule has 0 spiro atoms. The number of ether oxygens (including phenoxy) is 3. The van der Waals surface area contributed by atoms with Crippen molar-refractivity contribution in [3.05, 3.63) is 93.9 Å². The number of aliphatic carboxylic acids is 1. The fourth-order valence-corrected chi connectivity index (χ4v) is 4.95. The number of aryl methyl sites for hydroxylation is 1. The Labute approximate surface area is 247 Å². The van der Waals surface area contributed by atoms with Gasteiger partial charge in [0.2, 0.25) is 0 Å². The number of thioether (sulfide) groups is 1. The normalized spacial score (nSPS) is 14.6. The Morgan fingerprint density at radius 2 is 1.78 bits per heavy atom. The molecule has 0 radical (unpaired) electrons. The third-order valence-electron chi connectivity index (χ3n) is 6.05. The van der Waals surface area contributed by atoms with Crippen LogP contribution < -0.4 is 19.6 Å². The van der Waals surface area contributed by atoms with Gasteiger partial charge in [0, 0.05) is 5.56 Å². The summed E-state index contributed by atoms with van der Waals surface area (Å²) in [6.07, 6.45) is 0.865. The topological polar surface area (TPSA) is 114 Å². The Morgan fingerprint density at radius 3 is 2.41 bits per heavy atom. The molecule has 0 aliphatic carbocycles. The second-order valence-electron chi connectivity index (χ2n) is 9.02. The average molecular weight is 593 g/mol. The number of thiocarbonyl (C=S) groups is 1. The van der Waals surface area contributed by atoms with E-state index in [2.05, 4.69) is 5.43 Å². The van der Waals surface area contributed by atoms with Gasteiger partial charge < -0.3 is 19.3 Å². The van der Waals surface area contributed by atoms with Crippen LogP contribution in [-0.2, 0) is 16.2 Å². The number of carbonyl (C=O) groups is 3. The molecule has 3 aromatic rings. The van der Waals surface area contributed by atoms with E-state index in [9.17, 15) is 19.5 Å². The van der Waals surface area contributed by atoms with Crippen molar-refractivity contribution in [2.45, 2.75) is 33.0 Å². The van der Waals surface area contributed by atoms with Crippen LogP contribution in [-0.4, -0.2) is 45.4 Å². The predicted octanol–water partition coefficient (Wildman–Crippen LogP) is 5.37. The molecule has 41 heavy (non-hydrogen) atoms. The van der Waals surface area contributed by atoms with Crippen LogP contribution in [0.1, 0.15) is 40.4 Å². The molecule has 11 heteroatoms. The van der Waals surface area contributed by atoms with Gasteiger partial charge >= 0.3 is 5.97 Å². The first-order valence-corrected chi connectivity index (χ1v) is 13.9. The first-order valence-electron chi connectivity index (χ1n) is 12.6. The first-order chi connectivity index (χ1) is 19.7. The van der Waals surface area contributed by atoms with Gasteiger partial charge in [0.1, 0.15) is 12.4 Å². The highest BCUT2D eigenvalue weighted by Gasteiger charge is 2.34. The van der Waals surface area contributed by atoms with E-state index in [1.54, 1.807) is 55.5 Å². The molecule has 212 valence electrons. The highest BCUT2D eigenvalue weighted by atomic mass is 32.2. The first kappa shape index (κ1) is 29.6. The average Bonchev–Trinajstić information content (AvgIpc) is 3.23. The summed E-state index contributed by atoms with van der Waals surface area (Å²) in [4.78, 5) is 37.5. The zero-order valence-corrected chi connectivity index (χ0v) is 24.2. The van der Waals surface area contributed by atoms with Crippen molar-refractivity contribution in [2.24, 2.45) is 0 Å². The molecule has 1 aliphatic heterocycles. The molecule has 1 aliphatic rings. The largest absolute Gasteiger partial charge is 0.493 e. The Hall–Kier alpha value is -4.35. The van der Waals surface area contributed by atoms with Gasteiger partial charge in [-0.15, -0.1) is 0 Å². The Balaban J connectivity index is 1.39. The maximum absolute atomic E-state index is 13.1. The van der Waals surface area contributed by atoms with Gasteiger partial charge in [-0.2, -0.15) is 5.01 Å². The van der Waals surface area contributed by atoms with Crippen LogP contribution >= 0.6 is 24.0 Å². The zero-order chi connectivity index (χ0) is 29.5. The summed E-state index contributed by atoms with van der Waals surface area (Å²) in [5.74, 6) is -0.872. The molecular weight excluding hydrogens is 564 g/mol. The quantitative estimate of drug-likeness (QED) is 0.224. The van der Waals surface area contributed by atoms with Crippen molar-refractivity contribution in [3.8, 4) is 17.2 Å². The number of carbonyl (C=O) groups excluding carboxylic acids is 2. The van der Waals surface area contributed by atoms with Crippen LogP contribution in [0.5, 0.6) is 17.2 Å². The number of carboxylic acid groups (broad SMARTS) is 1. The Morgan fingerprint density at radius 1 is 1.07 bits per heavy atom. The molecule has 4 rings (SSSR count). The summed E-state index contributed by atoms with van der Waals surface area (Å²) in [7, 11) is 1.44. The molecule has 2 amide bonds. The summed E-state index contributed by atoms with van der Waals surface area (Å²) in [5, 5.41) is 10.3. The van der Waals surface area contributed by atoms with Crippen LogP contribution in [0.15, 0.2) is 71.6 Å². The van der Waals surface area contributed by atoms with E-state index < -0.39 is 23.9 Å². The Kier molecular flexibility index (Phi) is 9.64. The number of hydrogen-bond acceptors (Lipinski definition) is 8. The van der Waals surface area contributed by atoms with Gasteiger partial charge in [0.25, 0.3) is 11.8 Å². The number of hydrazine groups is 1. The lowest BCUT2D eigenvalue weighted by molar-refractivity contribution is -0.145. The number of carboxylic acids is 1. The van der Waals surface area contributed by atoms with Crippen LogP contribution in [0.3, 0.4) is 0 Å². The minimum atomic E-state index is -1.08. The summed E-state index contributed by atoms with van der Waals surface area (Å²) in [5.41, 5.74) is 5.70. The SMILES string of the molecule is CCC(Oc1ccc(/C=C2/SC(=S)N(NC(=O)c3ccc(OCc4ccc(C)cc4)cc3)C2=O)cc1OC)C(=O)O. The van der Waals surface area contributed by atoms with Gasteiger partial charge in [-0.25, -0.2) is 4.79 Å². The van der Waals surface area contributed by atoms with E-state index in [-0.39, 0.29) is 16.5 Å². The summed E-state index contributed by atoms with van der Waals surface area (Å²) in [6.45, 7) is 4.13. The van der Waals surface area contributed by atoms with E-state index >= 15 is 0 Å². The van der Waals surface area contributed by atoms with Crippen molar-refractivity contribution in [2.75, 3.05) is 7.11 Å². The smallest absolute Gasteiger partial charge is 0.344 e. The predicted molar refractivity (Wildman–Crippen MR) is 160 cm³/mol. The highest BCUT2D eigenvalue weighted by Crippen LogP contribution is 2.34. The molecule has 1 atom stereocenters. The number of methoxy groups -OCH3 is 1. The summed E-state index contributed by atoms with van der Waals surface area (Å²) in [6, 6.07) is 19.5. The lowest BCUT2D eigenvalue weighted by Crippen LogP contribution is -2.44. The molecule has 1 saturated heterocycles. The number of nitrogens with zero attached hydrogens (tertiary/aromatic N) is 1. The second-order valence-corrected chi connectivity index (χ2v) is 10.7. The van der Waals surface area contributed by atoms with Crippen LogP contribution in [0, 0.1) is 6.92 Å². The zero-order valence-electron chi connectivity index (χ0n) is 22.6. The highest BCUT2D eigenvalue weighted by molar-refractivity contribution is 8.26. The van der Waals surface area contributed by atoms with E-state index in [1.807, 2.05) is 31.2 Å². The molecule has 9 nitrogen and oxygen atoms in total. The van der Waals surface area contributed by atoms with Gasteiger partial charge in [-0.1, -0.05) is 54.6 Å². The van der Waals surface area contributed by atoms with Crippen LogP contribution in [0.2, 0.25) is 0 Å². The summed E-state index contributed by atoms with van der Waals surface area (Å²) >= 11 is 6.38. The maximum Gasteiger partial charge on any atom is 0.344 e. The number of rotatable bonds is 11. The second kappa shape index (κ2) is 13.3. The standard InChI is InChI=1S/C30H28N2O7S2/c1-4-23(29(35)36)39-24-14-9-20(15-25(24)37-3)16-26-28(34)32(30(40)41-26)31-27(33)21-10-12-22(13-11-21)38-17-19-7-5-18(2)6-8-19/h5-16,23H,4,17H2,1-3H3,(H,31,33)(H,35,36)/b26-16+. The molecule has 1 heterocycles. The number of amides is 2. The molecular formula is C30H28N2O7S2. The summed E-state index contributed by atoms with van der Waals surface area (Å²) < 4.78 is 16.9. The van der Waals surface area contributed by atoms with Gasteiger partial charge in [-0.05, 0) is 79.2 Å². The van der Waals surface area contributed by atoms with Gasteiger partial charge in [-0.3, -0.25) is 15.0 Å². The molecule has 0 bridgehead atoms. The minimum absolute atomic E-state index is 0.173. The van der Waals surface area contributed by atoms with Crippen LogP contribution in [0.4, 0.5) is 0 Å². The lowest BCUT2D eigenvalue weighted by atomic mass is 10.1. The van der Waals surface area contributed by atoms with Crippen molar-refractivity contribution in [3.63, 3.8) is 0 Å². The number of benzene rings is 3. The van der Waals surface area contributed by atoms with E-state index in [4.69, 9.17) is 26.4 Å². The molecule has 2 N–H and O–H groups in total. The Bertz CT molecular complexity index is 1490. The van der Waals surface area contributed by atoms with E-state index in [0.717, 1.165) is 22.3 Å². The van der Waals surface area contributed by atoms with Crippen molar-refractivity contribution >= 4 is 52.2 Å². The minimum Gasteiger partial charge on any atom is -0.493 e. The molecule has 3 aromatic carbocycles. The third-order valence-corrected chi connectivity index (χ3v) is 7.35. The van der Waals surface area contributed by atoms with Crippen molar-refractivity contribution in [1.82, 2.24) is 10.4 Å². The fraction of sp³-hybridized carbons (Fsp3) is 0.200. The molecule has 0 saturated carbocycles. The monoisotopic (exact) mass is 592 g/mol. The third kappa shape index (κ3) is 7.44. The number of nitrogens with one attached hydrogen (secondary N) is 1. The van der Waals surface area contributed by atoms with Crippen molar-refractivity contribution in [1.29, 1.82) is 0 Å². The molecule has 0 aromatic heterocycles. The van der Waals surface area contributed by atoms with Crippen molar-refractivity contribution < 1.29 is 33.7 Å². The molecule has 1 fully saturated rings. The van der Waals surface area contributed by atoms with Crippen LogP contribution in [0.25, 0.3) is 6.08 Å². The van der Waals surface area contributed by atoms with Gasteiger partial charge in [0.05, 0.1) is 12.0 Å². The van der Waals surface area contributed by atoms with E-state index in [1.165, 1.54) is 12.7 Å². The maximum atomic E-state index is 13.1.